The molecule has 0 saturated heterocycles. The van der Waals surface area contributed by atoms with Gasteiger partial charge in [0.05, 0.1) is 0 Å². The zero-order valence-electron chi connectivity index (χ0n) is 10.1. The van der Waals surface area contributed by atoms with E-state index in [0.717, 1.165) is 12.1 Å². The van der Waals surface area contributed by atoms with Crippen LogP contribution in [0.2, 0.25) is 0 Å². The lowest BCUT2D eigenvalue weighted by molar-refractivity contribution is -0.275. The Kier molecular flexibility index (Phi) is 3.94. The number of benzene rings is 2. The number of ether oxygens (including phenoxy) is 1. The van der Waals surface area contributed by atoms with Crippen LogP contribution in [0.4, 0.5) is 17.6 Å². The lowest BCUT2D eigenvalue weighted by atomic mass is 10.0. The van der Waals surface area contributed by atoms with Gasteiger partial charge in [-0.3, -0.25) is 0 Å². The third-order valence-corrected chi connectivity index (χ3v) is 2.64. The van der Waals surface area contributed by atoms with Gasteiger partial charge in [-0.1, -0.05) is 36.4 Å². The van der Waals surface area contributed by atoms with E-state index >= 15 is 0 Å². The molecule has 0 saturated carbocycles. The molecule has 20 heavy (non-hydrogen) atoms. The predicted octanol–water partition coefficient (Wildman–Crippen LogP) is 3.81. The van der Waals surface area contributed by atoms with Crippen molar-refractivity contribution in [2.75, 3.05) is 0 Å². The lowest BCUT2D eigenvalue weighted by Gasteiger charge is -2.17. The van der Waals surface area contributed by atoms with Gasteiger partial charge in [-0.15, -0.1) is 13.2 Å². The molecule has 0 amide bonds. The first-order valence-electron chi connectivity index (χ1n) is 5.65. The number of aliphatic hydroxyl groups is 1. The van der Waals surface area contributed by atoms with Gasteiger partial charge >= 0.3 is 6.36 Å². The van der Waals surface area contributed by atoms with Crippen molar-refractivity contribution in [3.05, 3.63) is 65.5 Å². The van der Waals surface area contributed by atoms with Gasteiger partial charge in [0, 0.05) is 11.1 Å². The summed E-state index contributed by atoms with van der Waals surface area (Å²) in [5.74, 6) is -1.27. The molecule has 0 bridgehead atoms. The maximum atomic E-state index is 13.6. The largest absolute Gasteiger partial charge is 0.573 e. The van der Waals surface area contributed by atoms with E-state index in [1.807, 2.05) is 0 Å². The van der Waals surface area contributed by atoms with Crippen LogP contribution >= 0.6 is 0 Å². The Labute approximate surface area is 112 Å². The van der Waals surface area contributed by atoms with Crippen LogP contribution in [-0.4, -0.2) is 11.5 Å². The molecule has 1 N–H and O–H groups in total. The van der Waals surface area contributed by atoms with E-state index in [2.05, 4.69) is 4.74 Å². The second-order valence-corrected chi connectivity index (χ2v) is 4.01. The summed E-state index contributed by atoms with van der Waals surface area (Å²) in [4.78, 5) is 0. The Balaban J connectivity index is 2.40. The van der Waals surface area contributed by atoms with Crippen molar-refractivity contribution >= 4 is 0 Å². The first kappa shape index (κ1) is 14.3. The minimum absolute atomic E-state index is 0.120. The predicted molar refractivity (Wildman–Crippen MR) is 63.6 cm³/mol. The summed E-state index contributed by atoms with van der Waals surface area (Å²) in [7, 11) is 0. The Morgan fingerprint density at radius 3 is 2.05 bits per heavy atom. The smallest absolute Gasteiger partial charge is 0.405 e. The fourth-order valence-corrected chi connectivity index (χ4v) is 1.79. The first-order chi connectivity index (χ1) is 9.38. The monoisotopic (exact) mass is 286 g/mol. The topological polar surface area (TPSA) is 29.5 Å². The number of hydrogen-bond donors (Lipinski definition) is 1. The molecule has 1 unspecified atom stereocenters. The average Bonchev–Trinajstić information content (AvgIpc) is 2.37. The summed E-state index contributed by atoms with van der Waals surface area (Å²) in [6.07, 6.45) is -6.43. The van der Waals surface area contributed by atoms with Crippen LogP contribution in [0.1, 0.15) is 17.2 Å². The molecular weight excluding hydrogens is 276 g/mol. The van der Waals surface area contributed by atoms with Gasteiger partial charge in [-0.05, 0) is 12.1 Å². The van der Waals surface area contributed by atoms with E-state index in [0.29, 0.717) is 0 Å². The van der Waals surface area contributed by atoms with Gasteiger partial charge in [0.2, 0.25) is 0 Å². The van der Waals surface area contributed by atoms with Crippen molar-refractivity contribution in [3.8, 4) is 5.75 Å². The Morgan fingerprint density at radius 2 is 1.45 bits per heavy atom. The Hall–Kier alpha value is -2.08. The van der Waals surface area contributed by atoms with Crippen molar-refractivity contribution in [3.63, 3.8) is 0 Å². The van der Waals surface area contributed by atoms with E-state index in [1.165, 1.54) is 36.4 Å². The molecule has 1 atom stereocenters. The number of para-hydroxylation sites is 1. The van der Waals surface area contributed by atoms with E-state index in [4.69, 9.17) is 0 Å². The third kappa shape index (κ3) is 3.27. The van der Waals surface area contributed by atoms with Gasteiger partial charge < -0.3 is 9.84 Å². The van der Waals surface area contributed by atoms with Gasteiger partial charge in [-0.25, -0.2) is 4.39 Å². The molecule has 0 spiro atoms. The van der Waals surface area contributed by atoms with Crippen LogP contribution in [0.25, 0.3) is 0 Å². The molecule has 2 aromatic carbocycles. The maximum Gasteiger partial charge on any atom is 0.573 e. The van der Waals surface area contributed by atoms with E-state index in [-0.39, 0.29) is 11.1 Å². The van der Waals surface area contributed by atoms with E-state index in [9.17, 15) is 22.7 Å². The van der Waals surface area contributed by atoms with Gasteiger partial charge in [-0.2, -0.15) is 0 Å². The normalized spacial score (nSPS) is 13.1. The molecule has 0 aliphatic carbocycles. The van der Waals surface area contributed by atoms with Gasteiger partial charge in [0.25, 0.3) is 0 Å². The SMILES string of the molecule is OC(c1ccccc1F)c1ccccc1OC(F)(F)F. The van der Waals surface area contributed by atoms with Crippen LogP contribution in [0, 0.1) is 5.82 Å². The van der Waals surface area contributed by atoms with Crippen LogP contribution in [0.15, 0.2) is 48.5 Å². The van der Waals surface area contributed by atoms with Gasteiger partial charge in [0.15, 0.2) is 0 Å². The van der Waals surface area contributed by atoms with Crippen LogP contribution < -0.4 is 4.74 Å². The molecule has 6 heteroatoms. The number of halogens is 4. The van der Waals surface area contributed by atoms with Crippen molar-refractivity contribution in [1.82, 2.24) is 0 Å². The van der Waals surface area contributed by atoms with Crippen LogP contribution in [0.5, 0.6) is 5.75 Å². The van der Waals surface area contributed by atoms with Crippen LogP contribution in [-0.2, 0) is 0 Å². The zero-order valence-corrected chi connectivity index (χ0v) is 10.1. The molecule has 2 aromatic rings. The van der Waals surface area contributed by atoms with Crippen molar-refractivity contribution in [2.24, 2.45) is 0 Å². The van der Waals surface area contributed by atoms with Crippen molar-refractivity contribution in [1.29, 1.82) is 0 Å². The molecule has 0 aliphatic heterocycles. The molecule has 2 nitrogen and oxygen atoms in total. The number of rotatable bonds is 3. The van der Waals surface area contributed by atoms with Gasteiger partial charge in [0.1, 0.15) is 17.7 Å². The lowest BCUT2D eigenvalue weighted by Crippen LogP contribution is -2.19. The molecule has 0 fully saturated rings. The highest BCUT2D eigenvalue weighted by molar-refractivity contribution is 5.40. The molecule has 0 radical (unpaired) electrons. The average molecular weight is 286 g/mol. The van der Waals surface area contributed by atoms with E-state index in [1.54, 1.807) is 0 Å². The zero-order chi connectivity index (χ0) is 14.8. The summed E-state index contributed by atoms with van der Waals surface area (Å²) in [5, 5.41) is 10.1. The summed E-state index contributed by atoms with van der Waals surface area (Å²) in [6.45, 7) is 0. The summed E-state index contributed by atoms with van der Waals surface area (Å²) < 4.78 is 54.3. The second-order valence-electron chi connectivity index (χ2n) is 4.01. The summed E-state index contributed by atoms with van der Waals surface area (Å²) in [5.41, 5.74) is -0.277. The van der Waals surface area contributed by atoms with Crippen molar-refractivity contribution in [2.45, 2.75) is 12.5 Å². The third-order valence-electron chi connectivity index (χ3n) is 2.64. The quantitative estimate of drug-likeness (QED) is 0.869. The highest BCUT2D eigenvalue weighted by Gasteiger charge is 2.33. The fourth-order valence-electron chi connectivity index (χ4n) is 1.79. The highest BCUT2D eigenvalue weighted by Crippen LogP contribution is 2.33. The molecule has 0 heterocycles. The highest BCUT2D eigenvalue weighted by atomic mass is 19.4. The molecular formula is C14H10F4O2. The Morgan fingerprint density at radius 1 is 0.900 bits per heavy atom. The number of aliphatic hydroxyl groups excluding tert-OH is 1. The summed E-state index contributed by atoms with van der Waals surface area (Å²) in [6, 6.07) is 10.4. The standard InChI is InChI=1S/C14H10F4O2/c15-11-7-3-1-5-9(11)13(19)10-6-2-4-8-12(10)20-14(16,17)18/h1-8,13,19H. The number of hydrogen-bond acceptors (Lipinski definition) is 2. The van der Waals surface area contributed by atoms with Crippen LogP contribution in [0.3, 0.4) is 0 Å². The molecule has 0 aromatic heterocycles. The van der Waals surface area contributed by atoms with E-state index < -0.39 is 24.0 Å². The molecule has 2 rings (SSSR count). The number of alkyl halides is 3. The molecule has 106 valence electrons. The first-order valence-corrected chi connectivity index (χ1v) is 5.65. The minimum Gasteiger partial charge on any atom is -0.405 e. The molecule has 0 aliphatic rings. The van der Waals surface area contributed by atoms with Crippen molar-refractivity contribution < 1.29 is 27.4 Å². The fraction of sp³-hybridized carbons (Fsp3) is 0.143. The summed E-state index contributed by atoms with van der Waals surface area (Å²) >= 11 is 0. The second kappa shape index (κ2) is 5.50. The Bertz CT molecular complexity index is 596. The minimum atomic E-state index is -4.88. The maximum absolute atomic E-state index is 13.6.